The standard InChI is InChI=1S/C26H25N5O5S3/c1-4-14-36-24(33)23-18(3)27-25(38-23)28-22(32)15-37-26-30-29-21(31(26)19-8-6-5-7-9-19)16-39(34,35)20-12-10-17(2)11-13-20/h4-13H,1,14-16H2,2-3H3,(H,27,28,32). The first-order chi connectivity index (χ1) is 18.7. The molecule has 0 aliphatic carbocycles. The van der Waals surface area contributed by atoms with Crippen molar-refractivity contribution in [3.8, 4) is 5.69 Å². The van der Waals surface area contributed by atoms with Crippen LogP contribution in [0, 0.1) is 13.8 Å². The molecule has 10 nitrogen and oxygen atoms in total. The Morgan fingerprint density at radius 1 is 1.10 bits per heavy atom. The number of benzene rings is 2. The number of hydrogen-bond donors (Lipinski definition) is 1. The zero-order valence-corrected chi connectivity index (χ0v) is 23.6. The molecular weight excluding hydrogens is 559 g/mol. The van der Waals surface area contributed by atoms with Gasteiger partial charge in [0.1, 0.15) is 17.2 Å². The Bertz CT molecular complexity index is 1600. The van der Waals surface area contributed by atoms with E-state index in [-0.39, 0.29) is 39.9 Å². The van der Waals surface area contributed by atoms with E-state index in [1.165, 1.54) is 6.08 Å². The highest BCUT2D eigenvalue weighted by atomic mass is 32.2. The number of sulfone groups is 1. The van der Waals surface area contributed by atoms with Gasteiger partial charge in [-0.05, 0) is 38.1 Å². The minimum atomic E-state index is -3.70. The van der Waals surface area contributed by atoms with E-state index >= 15 is 0 Å². The fourth-order valence-corrected chi connectivity index (χ4v) is 6.34. The molecular formula is C26H25N5O5S3. The third-order valence-corrected chi connectivity index (χ3v) is 8.92. The number of ether oxygens (including phenoxy) is 1. The van der Waals surface area contributed by atoms with Crippen LogP contribution in [0.15, 0.2) is 77.3 Å². The van der Waals surface area contributed by atoms with Gasteiger partial charge in [-0.25, -0.2) is 18.2 Å². The summed E-state index contributed by atoms with van der Waals surface area (Å²) in [5.74, 6) is -1.11. The molecule has 0 unspecified atom stereocenters. The first-order valence-corrected chi connectivity index (χ1v) is 15.1. The highest BCUT2D eigenvalue weighted by Gasteiger charge is 2.23. The Morgan fingerprint density at radius 3 is 2.51 bits per heavy atom. The maximum absolute atomic E-state index is 13.1. The minimum absolute atomic E-state index is 0.0510. The molecule has 39 heavy (non-hydrogen) atoms. The largest absolute Gasteiger partial charge is 0.457 e. The predicted octanol–water partition coefficient (Wildman–Crippen LogP) is 4.39. The van der Waals surface area contributed by atoms with E-state index in [2.05, 4.69) is 27.1 Å². The van der Waals surface area contributed by atoms with Gasteiger partial charge in [-0.15, -0.1) is 10.2 Å². The molecule has 1 N–H and O–H groups in total. The Kier molecular flexibility index (Phi) is 8.94. The summed E-state index contributed by atoms with van der Waals surface area (Å²) >= 11 is 2.12. The van der Waals surface area contributed by atoms with Crippen LogP contribution in [0.3, 0.4) is 0 Å². The average molecular weight is 584 g/mol. The van der Waals surface area contributed by atoms with Gasteiger partial charge in [0, 0.05) is 5.69 Å². The molecule has 13 heteroatoms. The zero-order chi connectivity index (χ0) is 28.0. The fourth-order valence-electron chi connectivity index (χ4n) is 3.45. The number of hydrogen-bond acceptors (Lipinski definition) is 10. The van der Waals surface area contributed by atoms with Crippen LogP contribution in [0.5, 0.6) is 0 Å². The number of thiazole rings is 1. The summed E-state index contributed by atoms with van der Waals surface area (Å²) in [7, 11) is -3.70. The van der Waals surface area contributed by atoms with Crippen molar-refractivity contribution >= 4 is 49.9 Å². The van der Waals surface area contributed by atoms with Crippen LogP contribution in [-0.2, 0) is 25.1 Å². The number of aryl methyl sites for hydroxylation is 2. The first kappa shape index (κ1) is 28.2. The lowest BCUT2D eigenvalue weighted by Crippen LogP contribution is -2.15. The normalized spacial score (nSPS) is 11.2. The number of thioether (sulfide) groups is 1. The van der Waals surface area contributed by atoms with Gasteiger partial charge in [0.15, 0.2) is 25.9 Å². The molecule has 4 aromatic rings. The maximum atomic E-state index is 13.1. The van der Waals surface area contributed by atoms with E-state index in [0.717, 1.165) is 28.7 Å². The van der Waals surface area contributed by atoms with Crippen LogP contribution in [-0.4, -0.2) is 52.4 Å². The third-order valence-electron chi connectivity index (χ3n) is 5.31. The Labute approximate surface area is 234 Å². The smallest absolute Gasteiger partial charge is 0.350 e. The monoisotopic (exact) mass is 583 g/mol. The van der Waals surface area contributed by atoms with E-state index in [1.807, 2.05) is 25.1 Å². The number of esters is 1. The summed E-state index contributed by atoms with van der Waals surface area (Å²) in [6, 6.07) is 15.7. The minimum Gasteiger partial charge on any atom is -0.457 e. The number of aromatic nitrogens is 4. The molecule has 4 rings (SSSR count). The van der Waals surface area contributed by atoms with Gasteiger partial charge in [-0.1, -0.05) is 71.6 Å². The van der Waals surface area contributed by atoms with E-state index in [4.69, 9.17) is 4.74 Å². The van der Waals surface area contributed by atoms with E-state index in [1.54, 1.807) is 47.9 Å². The molecule has 0 saturated heterocycles. The first-order valence-electron chi connectivity index (χ1n) is 11.6. The van der Waals surface area contributed by atoms with Gasteiger partial charge in [-0.2, -0.15) is 0 Å². The molecule has 0 aliphatic rings. The average Bonchev–Trinajstić information content (AvgIpc) is 3.48. The number of carbonyl (C=O) groups excluding carboxylic acids is 2. The highest BCUT2D eigenvalue weighted by Crippen LogP contribution is 2.27. The molecule has 0 saturated carbocycles. The molecule has 0 atom stereocenters. The number of nitrogens with zero attached hydrogens (tertiary/aromatic N) is 4. The van der Waals surface area contributed by atoms with Gasteiger partial charge in [0.05, 0.1) is 16.3 Å². The van der Waals surface area contributed by atoms with Crippen LogP contribution >= 0.6 is 23.1 Å². The van der Waals surface area contributed by atoms with Crippen molar-refractivity contribution in [1.82, 2.24) is 19.7 Å². The topological polar surface area (TPSA) is 133 Å². The van der Waals surface area contributed by atoms with Crippen LogP contribution in [0.2, 0.25) is 0 Å². The van der Waals surface area contributed by atoms with Gasteiger partial charge in [0.25, 0.3) is 0 Å². The molecule has 2 aromatic carbocycles. The molecule has 0 fully saturated rings. The number of anilines is 1. The summed E-state index contributed by atoms with van der Waals surface area (Å²) < 4.78 is 32.9. The van der Waals surface area contributed by atoms with Crippen molar-refractivity contribution in [1.29, 1.82) is 0 Å². The van der Waals surface area contributed by atoms with Crippen molar-refractivity contribution in [2.45, 2.75) is 29.7 Å². The van der Waals surface area contributed by atoms with Crippen LogP contribution < -0.4 is 5.32 Å². The molecule has 0 radical (unpaired) electrons. The van der Waals surface area contributed by atoms with Crippen molar-refractivity contribution in [2.75, 3.05) is 17.7 Å². The van der Waals surface area contributed by atoms with Gasteiger partial charge < -0.3 is 10.1 Å². The third kappa shape index (κ3) is 6.99. The molecule has 1 amide bonds. The zero-order valence-electron chi connectivity index (χ0n) is 21.2. The Morgan fingerprint density at radius 2 is 1.82 bits per heavy atom. The summed E-state index contributed by atoms with van der Waals surface area (Å²) in [6.45, 7) is 7.12. The molecule has 2 heterocycles. The number of amides is 1. The van der Waals surface area contributed by atoms with Crippen LogP contribution in [0.25, 0.3) is 5.69 Å². The van der Waals surface area contributed by atoms with Gasteiger partial charge >= 0.3 is 5.97 Å². The van der Waals surface area contributed by atoms with Gasteiger partial charge in [0.2, 0.25) is 5.91 Å². The number of para-hydroxylation sites is 1. The number of rotatable bonds is 11. The van der Waals surface area contributed by atoms with Crippen molar-refractivity contribution in [3.63, 3.8) is 0 Å². The number of carbonyl (C=O) groups is 2. The Balaban J connectivity index is 1.51. The lowest BCUT2D eigenvalue weighted by Gasteiger charge is -2.11. The second kappa shape index (κ2) is 12.4. The predicted molar refractivity (Wildman–Crippen MR) is 150 cm³/mol. The fraction of sp³-hybridized carbons (Fsp3) is 0.192. The summed E-state index contributed by atoms with van der Waals surface area (Å²) in [5, 5.41) is 11.6. The SMILES string of the molecule is C=CCOC(=O)c1sc(NC(=O)CSc2nnc(CS(=O)(=O)c3ccc(C)cc3)n2-c2ccccc2)nc1C. The van der Waals surface area contributed by atoms with E-state index in [0.29, 0.717) is 21.4 Å². The van der Waals surface area contributed by atoms with E-state index < -0.39 is 15.8 Å². The Hall–Kier alpha value is -3.81. The highest BCUT2D eigenvalue weighted by molar-refractivity contribution is 7.99. The molecule has 0 bridgehead atoms. The van der Waals surface area contributed by atoms with Crippen molar-refractivity contribution in [3.05, 3.63) is 89.2 Å². The van der Waals surface area contributed by atoms with Crippen molar-refractivity contribution < 1.29 is 22.7 Å². The van der Waals surface area contributed by atoms with Crippen molar-refractivity contribution in [2.24, 2.45) is 0 Å². The molecule has 2 aromatic heterocycles. The van der Waals surface area contributed by atoms with E-state index in [9.17, 15) is 18.0 Å². The van der Waals surface area contributed by atoms with Crippen LogP contribution in [0.1, 0.15) is 26.8 Å². The lowest BCUT2D eigenvalue weighted by molar-refractivity contribution is -0.113. The quantitative estimate of drug-likeness (QED) is 0.155. The molecule has 202 valence electrons. The summed E-state index contributed by atoms with van der Waals surface area (Å²) in [4.78, 5) is 29.5. The second-order valence-electron chi connectivity index (χ2n) is 8.30. The maximum Gasteiger partial charge on any atom is 0.350 e. The lowest BCUT2D eigenvalue weighted by atomic mass is 10.2. The summed E-state index contributed by atoms with van der Waals surface area (Å²) in [5.41, 5.74) is 2.06. The van der Waals surface area contributed by atoms with Gasteiger partial charge in [-0.3, -0.25) is 9.36 Å². The van der Waals surface area contributed by atoms with Crippen LogP contribution in [0.4, 0.5) is 5.13 Å². The molecule has 0 spiro atoms. The number of nitrogens with one attached hydrogen (secondary N) is 1. The molecule has 0 aliphatic heterocycles. The second-order valence-corrected chi connectivity index (χ2v) is 12.2. The summed E-state index contributed by atoms with van der Waals surface area (Å²) in [6.07, 6.45) is 1.46.